The number of benzene rings is 1. The maximum atomic E-state index is 10.4. The van der Waals surface area contributed by atoms with Crippen molar-refractivity contribution in [3.8, 4) is 28.1 Å². The van der Waals surface area contributed by atoms with E-state index in [9.17, 15) is 5.11 Å². The van der Waals surface area contributed by atoms with Crippen LogP contribution in [0.25, 0.3) is 22.4 Å². The van der Waals surface area contributed by atoms with Crippen LogP contribution >= 0.6 is 0 Å². The van der Waals surface area contributed by atoms with Crippen LogP contribution in [-0.2, 0) is 0 Å². The first kappa shape index (κ1) is 17.1. The van der Waals surface area contributed by atoms with E-state index in [1.54, 1.807) is 24.7 Å². The minimum atomic E-state index is 0.149. The number of hydrogen-bond donors (Lipinski definition) is 3. The molecule has 1 aromatic carbocycles. The maximum Gasteiger partial charge on any atom is 0.245 e. The number of piperidine rings is 1. The van der Waals surface area contributed by atoms with Crippen molar-refractivity contribution < 1.29 is 5.11 Å². The molecule has 2 aromatic heterocycles. The number of H-pyrrole nitrogens is 1. The maximum absolute atomic E-state index is 10.4. The van der Waals surface area contributed by atoms with E-state index >= 15 is 0 Å². The summed E-state index contributed by atoms with van der Waals surface area (Å²) in [4.78, 5) is 6.76. The van der Waals surface area contributed by atoms with Crippen LogP contribution in [0.1, 0.15) is 19.3 Å². The number of aromatic amines is 1. The van der Waals surface area contributed by atoms with E-state index in [1.165, 1.54) is 19.3 Å². The van der Waals surface area contributed by atoms with Gasteiger partial charge < -0.3 is 15.3 Å². The summed E-state index contributed by atoms with van der Waals surface area (Å²) >= 11 is 0. The summed E-state index contributed by atoms with van der Waals surface area (Å²) in [5.41, 5.74) is 3.33. The van der Waals surface area contributed by atoms with Gasteiger partial charge in [0.15, 0.2) is 0 Å². The first-order chi connectivity index (χ1) is 13.7. The van der Waals surface area contributed by atoms with Gasteiger partial charge in [-0.05, 0) is 43.5 Å². The summed E-state index contributed by atoms with van der Waals surface area (Å²) in [5, 5.41) is 29.4. The Hall–Kier alpha value is -3.00. The molecular weight excluding hydrogens is 354 g/mol. The number of hydrogen-bond acceptors (Lipinski definition) is 7. The first-order valence-electron chi connectivity index (χ1n) is 9.70. The van der Waals surface area contributed by atoms with Gasteiger partial charge in [0, 0.05) is 42.4 Å². The van der Waals surface area contributed by atoms with Gasteiger partial charge in [0.2, 0.25) is 5.95 Å². The molecule has 2 aliphatic rings. The molecule has 2 saturated heterocycles. The summed E-state index contributed by atoms with van der Waals surface area (Å²) in [6, 6.07) is 5.47. The Bertz CT molecular complexity index is 949. The summed E-state index contributed by atoms with van der Waals surface area (Å²) in [5.74, 6) is 0.816. The summed E-state index contributed by atoms with van der Waals surface area (Å²) in [6.45, 7) is 4.14. The van der Waals surface area contributed by atoms with Gasteiger partial charge in [0.25, 0.3) is 0 Å². The van der Waals surface area contributed by atoms with E-state index in [0.717, 1.165) is 37.3 Å². The number of aromatic nitrogens is 5. The lowest BCUT2D eigenvalue weighted by molar-refractivity contribution is 0.238. The zero-order valence-electron chi connectivity index (χ0n) is 15.6. The summed E-state index contributed by atoms with van der Waals surface area (Å²) in [6.07, 6.45) is 8.86. The first-order valence-corrected chi connectivity index (χ1v) is 9.70. The molecule has 2 aliphatic heterocycles. The van der Waals surface area contributed by atoms with E-state index in [0.29, 0.717) is 22.6 Å². The van der Waals surface area contributed by atoms with E-state index in [2.05, 4.69) is 35.6 Å². The number of anilines is 1. The third-order valence-electron chi connectivity index (χ3n) is 5.94. The van der Waals surface area contributed by atoms with Crippen molar-refractivity contribution in [1.29, 1.82) is 0 Å². The van der Waals surface area contributed by atoms with E-state index in [-0.39, 0.29) is 5.75 Å². The highest BCUT2D eigenvalue weighted by molar-refractivity contribution is 5.73. The molecule has 0 radical (unpaired) electrons. The molecule has 0 aliphatic carbocycles. The Morgan fingerprint density at radius 3 is 2.79 bits per heavy atom. The predicted molar refractivity (Wildman–Crippen MR) is 106 cm³/mol. The van der Waals surface area contributed by atoms with Gasteiger partial charge >= 0.3 is 0 Å². The predicted octanol–water partition coefficient (Wildman–Crippen LogP) is 2.21. The average molecular weight is 377 g/mol. The average Bonchev–Trinajstić information content (AvgIpc) is 3.40. The van der Waals surface area contributed by atoms with Gasteiger partial charge in [-0.25, -0.2) is 4.98 Å². The Morgan fingerprint density at radius 1 is 1.11 bits per heavy atom. The normalized spacial score (nSPS) is 22.1. The van der Waals surface area contributed by atoms with Crippen LogP contribution in [-0.4, -0.2) is 56.7 Å². The molecular formula is C20H23N7O. The van der Waals surface area contributed by atoms with Crippen molar-refractivity contribution in [2.45, 2.75) is 19.3 Å². The highest BCUT2D eigenvalue weighted by Gasteiger charge is 2.39. The molecule has 4 heterocycles. The lowest BCUT2D eigenvalue weighted by Gasteiger charge is -2.33. The number of rotatable bonds is 3. The van der Waals surface area contributed by atoms with Gasteiger partial charge in [0.1, 0.15) is 11.4 Å². The lowest BCUT2D eigenvalue weighted by atomic mass is 9.80. The minimum absolute atomic E-state index is 0.149. The Labute approximate surface area is 163 Å². The number of aromatic hydroxyl groups is 1. The van der Waals surface area contributed by atoms with Crippen LogP contribution in [0.3, 0.4) is 0 Å². The van der Waals surface area contributed by atoms with Gasteiger partial charge in [-0.3, -0.25) is 5.10 Å². The van der Waals surface area contributed by atoms with Crippen molar-refractivity contribution in [3.05, 3.63) is 36.8 Å². The topological polar surface area (TPSA) is 103 Å². The van der Waals surface area contributed by atoms with Crippen molar-refractivity contribution in [3.63, 3.8) is 0 Å². The number of nitrogens with zero attached hydrogens (tertiary/aromatic N) is 5. The molecule has 5 rings (SSSR count). The fourth-order valence-corrected chi connectivity index (χ4v) is 4.36. The number of phenols is 1. The van der Waals surface area contributed by atoms with Gasteiger partial charge in [-0.1, -0.05) is 6.07 Å². The van der Waals surface area contributed by atoms with Crippen molar-refractivity contribution in [2.75, 3.05) is 31.1 Å². The van der Waals surface area contributed by atoms with Gasteiger partial charge in [-0.15, -0.1) is 10.2 Å². The molecule has 3 N–H and O–H groups in total. The zero-order chi connectivity index (χ0) is 19.0. The van der Waals surface area contributed by atoms with Crippen LogP contribution < -0.4 is 10.2 Å². The smallest absolute Gasteiger partial charge is 0.245 e. The minimum Gasteiger partial charge on any atom is -0.507 e. The van der Waals surface area contributed by atoms with Crippen molar-refractivity contribution >= 4 is 5.95 Å². The van der Waals surface area contributed by atoms with Gasteiger partial charge in [0.05, 0.1) is 12.4 Å². The third kappa shape index (κ3) is 3.09. The lowest BCUT2D eigenvalue weighted by Crippen LogP contribution is -2.42. The van der Waals surface area contributed by atoms with Crippen LogP contribution in [0.4, 0.5) is 5.95 Å². The summed E-state index contributed by atoms with van der Waals surface area (Å²) in [7, 11) is 0. The molecule has 144 valence electrons. The SMILES string of the molecule is Oc1cc(-c2cn[nH]c2)ccc1-c1cnc(N2CCC3(CCCNC3)C2)nn1. The zero-order valence-corrected chi connectivity index (χ0v) is 15.6. The molecule has 28 heavy (non-hydrogen) atoms. The molecule has 2 fully saturated rings. The second-order valence-corrected chi connectivity index (χ2v) is 7.81. The molecule has 1 unspecified atom stereocenters. The fourth-order valence-electron chi connectivity index (χ4n) is 4.36. The van der Waals surface area contributed by atoms with Crippen molar-refractivity contribution in [2.24, 2.45) is 5.41 Å². The van der Waals surface area contributed by atoms with E-state index in [4.69, 9.17) is 0 Å². The quantitative estimate of drug-likeness (QED) is 0.643. The molecule has 0 saturated carbocycles. The third-order valence-corrected chi connectivity index (χ3v) is 5.94. The van der Waals surface area contributed by atoms with Crippen LogP contribution in [0.15, 0.2) is 36.8 Å². The van der Waals surface area contributed by atoms with E-state index < -0.39 is 0 Å². The monoisotopic (exact) mass is 377 g/mol. The molecule has 1 atom stereocenters. The highest BCUT2D eigenvalue weighted by Crippen LogP contribution is 2.38. The largest absolute Gasteiger partial charge is 0.507 e. The molecule has 3 aromatic rings. The Kier molecular flexibility index (Phi) is 4.20. The Balaban J connectivity index is 1.34. The molecule has 0 amide bonds. The standard InChI is InChI=1S/C20H23N7O/c28-18-8-14(15-9-23-24-10-15)2-3-16(18)17-11-22-19(26-25-17)27-7-5-20(13-27)4-1-6-21-12-20/h2-3,8-11,21,28H,1,4-7,12-13H2,(H,23,24). The molecule has 8 heteroatoms. The second kappa shape index (κ2) is 6.87. The van der Waals surface area contributed by atoms with Crippen molar-refractivity contribution in [1.82, 2.24) is 30.7 Å². The van der Waals surface area contributed by atoms with Crippen LogP contribution in [0, 0.1) is 5.41 Å². The van der Waals surface area contributed by atoms with Crippen LogP contribution in [0.5, 0.6) is 5.75 Å². The summed E-state index contributed by atoms with van der Waals surface area (Å²) < 4.78 is 0. The number of phenolic OH excluding ortho intramolecular Hbond substituents is 1. The van der Waals surface area contributed by atoms with Crippen LogP contribution in [0.2, 0.25) is 0 Å². The van der Waals surface area contributed by atoms with E-state index in [1.807, 2.05) is 12.1 Å². The van der Waals surface area contributed by atoms with Gasteiger partial charge in [-0.2, -0.15) is 5.10 Å². The molecule has 8 nitrogen and oxygen atoms in total. The Morgan fingerprint density at radius 2 is 2.07 bits per heavy atom. The molecule has 1 spiro atoms. The number of nitrogens with one attached hydrogen (secondary N) is 2. The second-order valence-electron chi connectivity index (χ2n) is 7.81. The highest BCUT2D eigenvalue weighted by atomic mass is 16.3. The molecule has 0 bridgehead atoms. The fraction of sp³-hybridized carbons (Fsp3) is 0.400.